The van der Waals surface area contributed by atoms with Crippen LogP contribution in [0, 0.1) is 0 Å². The van der Waals surface area contributed by atoms with Crippen LogP contribution in [0.1, 0.15) is 24.3 Å². The molecule has 2 aromatic carbocycles. The molecule has 1 aromatic heterocycles. The van der Waals surface area contributed by atoms with Gasteiger partial charge in [-0.05, 0) is 49.4 Å². The third-order valence-corrected chi connectivity index (χ3v) is 3.76. The third-order valence-electron chi connectivity index (χ3n) is 3.76. The molecule has 1 heterocycles. The lowest BCUT2D eigenvalue weighted by Gasteiger charge is -2.09. The molecule has 0 saturated heterocycles. The summed E-state index contributed by atoms with van der Waals surface area (Å²) in [5.74, 6) is 0.720. The molecule has 0 radical (unpaired) electrons. The molecule has 0 atom stereocenters. The molecule has 29 heavy (non-hydrogen) atoms. The van der Waals surface area contributed by atoms with Crippen LogP contribution in [0.3, 0.4) is 0 Å². The number of benzene rings is 2. The predicted octanol–water partition coefficient (Wildman–Crippen LogP) is 3.83. The third kappa shape index (κ3) is 5.77. The fraction of sp³-hybridized carbons (Fsp3) is 0.143. The fourth-order valence-corrected chi connectivity index (χ4v) is 2.53. The first-order chi connectivity index (χ1) is 14.0. The van der Waals surface area contributed by atoms with Gasteiger partial charge in [0, 0.05) is 24.0 Å². The van der Waals surface area contributed by atoms with E-state index in [0.29, 0.717) is 23.8 Å². The highest BCUT2D eigenvalue weighted by Crippen LogP contribution is 2.19. The topological polar surface area (TPSA) is 105 Å². The van der Waals surface area contributed by atoms with Crippen molar-refractivity contribution in [3.63, 3.8) is 0 Å². The zero-order valence-electron chi connectivity index (χ0n) is 16.1. The van der Waals surface area contributed by atoms with Gasteiger partial charge in [-0.3, -0.25) is 9.59 Å². The number of carbonyl (C=O) groups is 2. The predicted molar refractivity (Wildman–Crippen MR) is 112 cm³/mol. The van der Waals surface area contributed by atoms with Gasteiger partial charge >= 0.3 is 0 Å². The lowest BCUT2D eigenvalue weighted by molar-refractivity contribution is -0.114. The Balaban J connectivity index is 1.62. The van der Waals surface area contributed by atoms with Gasteiger partial charge in [-0.15, -0.1) is 0 Å². The minimum absolute atomic E-state index is 0.173. The molecule has 0 spiro atoms. The second-order valence-corrected chi connectivity index (χ2v) is 6.09. The van der Waals surface area contributed by atoms with E-state index < -0.39 is 5.91 Å². The van der Waals surface area contributed by atoms with Gasteiger partial charge in [0.2, 0.25) is 5.91 Å². The van der Waals surface area contributed by atoms with Crippen LogP contribution in [0.4, 0.5) is 22.9 Å². The first-order valence-electron chi connectivity index (χ1n) is 9.04. The summed E-state index contributed by atoms with van der Waals surface area (Å²) in [6.07, 6.45) is 2.88. The summed E-state index contributed by atoms with van der Waals surface area (Å²) in [5.41, 5.74) is 2.14. The molecule has 3 rings (SSSR count). The Hall–Kier alpha value is -3.94. The lowest BCUT2D eigenvalue weighted by Crippen LogP contribution is -2.14. The summed E-state index contributed by atoms with van der Waals surface area (Å²) in [6, 6.07) is 14.3. The molecule has 8 nitrogen and oxygen atoms in total. The number of hydrogen-bond donors (Lipinski definition) is 3. The minimum Gasteiger partial charge on any atom is -0.494 e. The second-order valence-electron chi connectivity index (χ2n) is 6.09. The number of nitrogens with one attached hydrogen (secondary N) is 3. The van der Waals surface area contributed by atoms with Crippen LogP contribution < -0.4 is 20.7 Å². The molecule has 3 aromatic rings. The van der Waals surface area contributed by atoms with Gasteiger partial charge in [-0.1, -0.05) is 6.07 Å². The van der Waals surface area contributed by atoms with E-state index >= 15 is 0 Å². The number of rotatable bonds is 7. The van der Waals surface area contributed by atoms with E-state index in [0.717, 1.165) is 11.4 Å². The fourth-order valence-electron chi connectivity index (χ4n) is 2.53. The smallest absolute Gasteiger partial charge is 0.275 e. The molecule has 0 aliphatic heterocycles. The van der Waals surface area contributed by atoms with E-state index in [4.69, 9.17) is 4.74 Å². The molecule has 0 bridgehead atoms. The van der Waals surface area contributed by atoms with E-state index in [2.05, 4.69) is 25.9 Å². The SMILES string of the molecule is CCOc1ccc(Nc2cnc(C(=O)Nc3cccc(NC(C)=O)c3)cn2)cc1. The number of hydrogen-bond acceptors (Lipinski definition) is 6. The van der Waals surface area contributed by atoms with Crippen LogP contribution in [-0.2, 0) is 4.79 Å². The Bertz CT molecular complexity index is 988. The zero-order valence-corrected chi connectivity index (χ0v) is 16.1. The first kappa shape index (κ1) is 19.8. The van der Waals surface area contributed by atoms with Crippen LogP contribution in [0.25, 0.3) is 0 Å². The van der Waals surface area contributed by atoms with E-state index in [1.54, 1.807) is 24.3 Å². The number of anilines is 4. The van der Waals surface area contributed by atoms with Gasteiger partial charge in [0.25, 0.3) is 5.91 Å². The average molecular weight is 391 g/mol. The van der Waals surface area contributed by atoms with Gasteiger partial charge in [0.1, 0.15) is 17.3 Å². The van der Waals surface area contributed by atoms with Crippen molar-refractivity contribution in [2.45, 2.75) is 13.8 Å². The highest BCUT2D eigenvalue weighted by atomic mass is 16.5. The van der Waals surface area contributed by atoms with E-state index in [9.17, 15) is 9.59 Å². The quantitative estimate of drug-likeness (QED) is 0.565. The number of nitrogens with zero attached hydrogens (tertiary/aromatic N) is 2. The Morgan fingerprint density at radius 2 is 1.66 bits per heavy atom. The van der Waals surface area contributed by atoms with Crippen LogP contribution in [-0.4, -0.2) is 28.4 Å². The van der Waals surface area contributed by atoms with Crippen LogP contribution >= 0.6 is 0 Å². The summed E-state index contributed by atoms with van der Waals surface area (Å²) in [7, 11) is 0. The molecule has 0 fully saturated rings. The summed E-state index contributed by atoms with van der Waals surface area (Å²) in [4.78, 5) is 31.9. The Morgan fingerprint density at radius 3 is 2.28 bits per heavy atom. The average Bonchev–Trinajstić information content (AvgIpc) is 2.70. The van der Waals surface area contributed by atoms with Crippen molar-refractivity contribution in [3.05, 3.63) is 66.6 Å². The van der Waals surface area contributed by atoms with Gasteiger partial charge in [-0.25, -0.2) is 9.97 Å². The highest BCUT2D eigenvalue weighted by Gasteiger charge is 2.09. The van der Waals surface area contributed by atoms with Crippen LogP contribution in [0.15, 0.2) is 60.9 Å². The molecule has 2 amide bonds. The number of aromatic nitrogens is 2. The normalized spacial score (nSPS) is 10.1. The Labute approximate surface area is 168 Å². The summed E-state index contributed by atoms with van der Waals surface area (Å²) in [5, 5.41) is 8.51. The maximum absolute atomic E-state index is 12.4. The van der Waals surface area contributed by atoms with Crippen molar-refractivity contribution in [2.75, 3.05) is 22.6 Å². The van der Waals surface area contributed by atoms with Crippen molar-refractivity contribution in [3.8, 4) is 5.75 Å². The van der Waals surface area contributed by atoms with Crippen molar-refractivity contribution >= 4 is 34.7 Å². The van der Waals surface area contributed by atoms with Crippen molar-refractivity contribution in [2.24, 2.45) is 0 Å². The maximum Gasteiger partial charge on any atom is 0.275 e. The van der Waals surface area contributed by atoms with E-state index in [1.165, 1.54) is 19.3 Å². The maximum atomic E-state index is 12.4. The van der Waals surface area contributed by atoms with E-state index in [-0.39, 0.29) is 11.6 Å². The largest absolute Gasteiger partial charge is 0.494 e. The minimum atomic E-state index is -0.398. The summed E-state index contributed by atoms with van der Waals surface area (Å²) >= 11 is 0. The molecular weight excluding hydrogens is 370 g/mol. The number of carbonyl (C=O) groups excluding carboxylic acids is 2. The van der Waals surface area contributed by atoms with E-state index in [1.807, 2.05) is 31.2 Å². The number of ether oxygens (including phenoxy) is 1. The molecular formula is C21H21N5O3. The lowest BCUT2D eigenvalue weighted by atomic mass is 10.2. The van der Waals surface area contributed by atoms with Crippen molar-refractivity contribution < 1.29 is 14.3 Å². The molecule has 3 N–H and O–H groups in total. The molecule has 0 unspecified atom stereocenters. The first-order valence-corrected chi connectivity index (χ1v) is 9.04. The molecule has 0 saturated carbocycles. The van der Waals surface area contributed by atoms with Crippen molar-refractivity contribution in [1.29, 1.82) is 0 Å². The van der Waals surface area contributed by atoms with Gasteiger partial charge in [-0.2, -0.15) is 0 Å². The second kappa shape index (κ2) is 9.32. The Morgan fingerprint density at radius 1 is 0.931 bits per heavy atom. The summed E-state index contributed by atoms with van der Waals surface area (Å²) in [6.45, 7) is 3.96. The Kier molecular flexibility index (Phi) is 6.36. The summed E-state index contributed by atoms with van der Waals surface area (Å²) < 4.78 is 5.41. The van der Waals surface area contributed by atoms with Gasteiger partial charge in [0.15, 0.2) is 0 Å². The highest BCUT2D eigenvalue weighted by molar-refractivity contribution is 6.03. The molecule has 0 aliphatic carbocycles. The van der Waals surface area contributed by atoms with Crippen LogP contribution in [0.2, 0.25) is 0 Å². The molecule has 0 aliphatic rings. The van der Waals surface area contributed by atoms with Crippen molar-refractivity contribution in [1.82, 2.24) is 9.97 Å². The molecule has 148 valence electrons. The van der Waals surface area contributed by atoms with Crippen LogP contribution in [0.5, 0.6) is 5.75 Å². The van der Waals surface area contributed by atoms with Gasteiger partial charge in [0.05, 0.1) is 19.0 Å². The number of amides is 2. The zero-order chi connectivity index (χ0) is 20.6. The monoisotopic (exact) mass is 391 g/mol. The molecule has 8 heteroatoms. The standard InChI is InChI=1S/C21H21N5O3/c1-3-29-18-9-7-15(8-10-18)25-20-13-22-19(12-23-20)21(28)26-17-6-4-5-16(11-17)24-14(2)27/h4-13H,3H2,1-2H3,(H,23,25)(H,24,27)(H,26,28). The van der Waals surface area contributed by atoms with Gasteiger partial charge < -0.3 is 20.7 Å².